The number of halogens is 1. The van der Waals surface area contributed by atoms with Gasteiger partial charge in [0.05, 0.1) is 5.52 Å². The van der Waals surface area contributed by atoms with Crippen molar-refractivity contribution in [3.8, 4) is 11.5 Å². The third-order valence-electron chi connectivity index (χ3n) is 2.61. The maximum atomic E-state index is 5.78. The number of nitrogens with zero attached hydrogens (tertiary/aromatic N) is 1. The summed E-state index contributed by atoms with van der Waals surface area (Å²) in [5.41, 5.74) is 0.949. The molecular formula is C15H10BrNO. The fourth-order valence-electron chi connectivity index (χ4n) is 1.77. The number of benzene rings is 2. The average Bonchev–Trinajstić information content (AvgIpc) is 2.40. The molecule has 3 heteroatoms. The highest BCUT2D eigenvalue weighted by atomic mass is 79.9. The lowest BCUT2D eigenvalue weighted by Gasteiger charge is -2.06. The van der Waals surface area contributed by atoms with Gasteiger partial charge in [-0.2, -0.15) is 0 Å². The van der Waals surface area contributed by atoms with Gasteiger partial charge in [0.15, 0.2) is 0 Å². The topological polar surface area (TPSA) is 22.1 Å². The normalized spacial score (nSPS) is 10.5. The Kier molecular flexibility index (Phi) is 2.99. The first-order valence-electron chi connectivity index (χ1n) is 5.60. The highest BCUT2D eigenvalue weighted by Gasteiger charge is 2.00. The van der Waals surface area contributed by atoms with Crippen LogP contribution in [0.4, 0.5) is 0 Å². The Labute approximate surface area is 113 Å². The van der Waals surface area contributed by atoms with Crippen molar-refractivity contribution in [1.29, 1.82) is 0 Å². The molecule has 0 saturated heterocycles. The van der Waals surface area contributed by atoms with Gasteiger partial charge in [0.1, 0.15) is 16.1 Å². The van der Waals surface area contributed by atoms with Crippen molar-refractivity contribution in [2.24, 2.45) is 0 Å². The Morgan fingerprint density at radius 2 is 1.67 bits per heavy atom. The first-order chi connectivity index (χ1) is 8.81. The van der Waals surface area contributed by atoms with Crippen LogP contribution in [-0.2, 0) is 0 Å². The summed E-state index contributed by atoms with van der Waals surface area (Å²) in [5, 5.41) is 1.06. The van der Waals surface area contributed by atoms with Crippen LogP contribution in [0.5, 0.6) is 11.5 Å². The predicted molar refractivity (Wildman–Crippen MR) is 76.0 cm³/mol. The molecule has 18 heavy (non-hydrogen) atoms. The molecule has 0 N–H and O–H groups in total. The molecule has 2 aromatic carbocycles. The molecule has 0 atom stereocenters. The van der Waals surface area contributed by atoms with Crippen LogP contribution in [0.15, 0.2) is 65.3 Å². The van der Waals surface area contributed by atoms with Gasteiger partial charge in [-0.15, -0.1) is 0 Å². The van der Waals surface area contributed by atoms with Gasteiger partial charge in [-0.3, -0.25) is 0 Å². The molecule has 0 radical (unpaired) electrons. The van der Waals surface area contributed by atoms with Crippen LogP contribution in [0.25, 0.3) is 10.9 Å². The monoisotopic (exact) mass is 299 g/mol. The Morgan fingerprint density at radius 1 is 0.833 bits per heavy atom. The van der Waals surface area contributed by atoms with Gasteiger partial charge in [-0.1, -0.05) is 18.2 Å². The van der Waals surface area contributed by atoms with Crippen LogP contribution in [0.3, 0.4) is 0 Å². The molecule has 0 aliphatic carbocycles. The summed E-state index contributed by atoms with van der Waals surface area (Å²) >= 11 is 3.36. The van der Waals surface area contributed by atoms with Crippen LogP contribution in [0.2, 0.25) is 0 Å². The first kappa shape index (κ1) is 11.2. The Hall–Kier alpha value is -1.87. The number of pyridine rings is 1. The average molecular weight is 300 g/mol. The number of fused-ring (bicyclic) bond motifs is 1. The molecule has 0 unspecified atom stereocenters. The van der Waals surface area contributed by atoms with Crippen molar-refractivity contribution in [1.82, 2.24) is 4.98 Å². The minimum absolute atomic E-state index is 0.817. The van der Waals surface area contributed by atoms with Crippen molar-refractivity contribution in [3.63, 3.8) is 0 Å². The number of ether oxygens (including phenoxy) is 1. The zero-order valence-corrected chi connectivity index (χ0v) is 11.1. The smallest absolute Gasteiger partial charge is 0.128 e. The highest BCUT2D eigenvalue weighted by Crippen LogP contribution is 2.25. The molecule has 0 fully saturated rings. The van der Waals surface area contributed by atoms with Crippen LogP contribution in [0, 0.1) is 0 Å². The second-order valence-corrected chi connectivity index (χ2v) is 4.72. The standard InChI is InChI=1S/C15H10BrNO/c16-15-9-6-11-10-13(7-8-14(11)17-15)18-12-4-2-1-3-5-12/h1-10H. The molecule has 1 aromatic heterocycles. The Bertz CT molecular complexity index is 682. The zero-order chi connectivity index (χ0) is 12.4. The summed E-state index contributed by atoms with van der Waals surface area (Å²) in [6, 6.07) is 19.6. The number of para-hydroxylation sites is 1. The van der Waals surface area contributed by atoms with E-state index in [4.69, 9.17) is 4.74 Å². The SMILES string of the molecule is Brc1ccc2cc(Oc3ccccc3)ccc2n1. The van der Waals surface area contributed by atoms with Crippen molar-refractivity contribution in [3.05, 3.63) is 65.3 Å². The second kappa shape index (κ2) is 4.78. The number of hydrogen-bond acceptors (Lipinski definition) is 2. The van der Waals surface area contributed by atoms with E-state index in [0.29, 0.717) is 0 Å². The highest BCUT2D eigenvalue weighted by molar-refractivity contribution is 9.10. The molecule has 0 aliphatic heterocycles. The van der Waals surface area contributed by atoms with E-state index in [1.54, 1.807) is 0 Å². The molecule has 0 spiro atoms. The summed E-state index contributed by atoms with van der Waals surface area (Å²) in [6.45, 7) is 0. The lowest BCUT2D eigenvalue weighted by Crippen LogP contribution is -1.85. The molecule has 3 aromatic rings. The van der Waals surface area contributed by atoms with E-state index in [1.807, 2.05) is 60.7 Å². The first-order valence-corrected chi connectivity index (χ1v) is 6.40. The molecule has 88 valence electrons. The van der Waals surface area contributed by atoms with E-state index in [1.165, 1.54) is 0 Å². The van der Waals surface area contributed by atoms with E-state index >= 15 is 0 Å². The number of hydrogen-bond donors (Lipinski definition) is 0. The van der Waals surface area contributed by atoms with Gasteiger partial charge in [-0.05, 0) is 58.4 Å². The molecular weight excluding hydrogens is 290 g/mol. The van der Waals surface area contributed by atoms with E-state index in [-0.39, 0.29) is 0 Å². The Morgan fingerprint density at radius 3 is 2.50 bits per heavy atom. The van der Waals surface area contributed by atoms with Gasteiger partial charge in [0, 0.05) is 5.39 Å². The summed E-state index contributed by atoms with van der Waals surface area (Å²) in [5.74, 6) is 1.65. The van der Waals surface area contributed by atoms with E-state index in [9.17, 15) is 0 Å². The Balaban J connectivity index is 1.96. The van der Waals surface area contributed by atoms with Gasteiger partial charge in [0.25, 0.3) is 0 Å². The van der Waals surface area contributed by atoms with Gasteiger partial charge >= 0.3 is 0 Å². The molecule has 1 heterocycles. The van der Waals surface area contributed by atoms with Crippen LogP contribution >= 0.6 is 15.9 Å². The zero-order valence-electron chi connectivity index (χ0n) is 9.51. The van der Waals surface area contributed by atoms with E-state index in [0.717, 1.165) is 27.0 Å². The minimum atomic E-state index is 0.817. The number of aromatic nitrogens is 1. The molecule has 3 rings (SSSR count). The van der Waals surface area contributed by atoms with Crippen LogP contribution in [0.1, 0.15) is 0 Å². The van der Waals surface area contributed by atoms with Crippen molar-refractivity contribution >= 4 is 26.8 Å². The molecule has 0 saturated carbocycles. The second-order valence-electron chi connectivity index (χ2n) is 3.90. The predicted octanol–water partition coefficient (Wildman–Crippen LogP) is 4.79. The third-order valence-corrected chi connectivity index (χ3v) is 3.05. The summed E-state index contributed by atoms with van der Waals surface area (Å²) in [7, 11) is 0. The molecule has 0 aliphatic rings. The van der Waals surface area contributed by atoms with Crippen molar-refractivity contribution in [2.75, 3.05) is 0 Å². The lowest BCUT2D eigenvalue weighted by molar-refractivity contribution is 0.483. The third kappa shape index (κ3) is 2.36. The largest absolute Gasteiger partial charge is 0.457 e. The number of rotatable bonds is 2. The summed E-state index contributed by atoms with van der Waals surface area (Å²) < 4.78 is 6.62. The van der Waals surface area contributed by atoms with Crippen molar-refractivity contribution < 1.29 is 4.74 Å². The summed E-state index contributed by atoms with van der Waals surface area (Å²) in [4.78, 5) is 4.38. The fraction of sp³-hybridized carbons (Fsp3) is 0. The van der Waals surface area contributed by atoms with Crippen molar-refractivity contribution in [2.45, 2.75) is 0 Å². The quantitative estimate of drug-likeness (QED) is 0.635. The fourth-order valence-corrected chi connectivity index (χ4v) is 2.09. The minimum Gasteiger partial charge on any atom is -0.457 e. The van der Waals surface area contributed by atoms with Crippen LogP contribution < -0.4 is 4.74 Å². The molecule has 0 amide bonds. The van der Waals surface area contributed by atoms with Gasteiger partial charge < -0.3 is 4.74 Å². The maximum Gasteiger partial charge on any atom is 0.128 e. The molecule has 0 bridgehead atoms. The van der Waals surface area contributed by atoms with Gasteiger partial charge in [0.2, 0.25) is 0 Å². The lowest BCUT2D eigenvalue weighted by atomic mass is 10.2. The molecule has 2 nitrogen and oxygen atoms in total. The van der Waals surface area contributed by atoms with Gasteiger partial charge in [-0.25, -0.2) is 4.98 Å². The maximum absolute atomic E-state index is 5.78. The van der Waals surface area contributed by atoms with E-state index < -0.39 is 0 Å². The summed E-state index contributed by atoms with van der Waals surface area (Å²) in [6.07, 6.45) is 0. The van der Waals surface area contributed by atoms with Crippen LogP contribution in [-0.4, -0.2) is 4.98 Å². The van der Waals surface area contributed by atoms with E-state index in [2.05, 4.69) is 20.9 Å².